The van der Waals surface area contributed by atoms with Gasteiger partial charge in [-0.05, 0) is 72.9 Å². The highest BCUT2D eigenvalue weighted by Gasteiger charge is 2.43. The van der Waals surface area contributed by atoms with Crippen LogP contribution < -0.4 is 15.0 Å². The van der Waals surface area contributed by atoms with Crippen molar-refractivity contribution >= 4 is 34.4 Å². The number of nitrogens with zero attached hydrogens (tertiary/aromatic N) is 4. The topological polar surface area (TPSA) is 104 Å². The molecule has 2 bridgehead atoms. The van der Waals surface area contributed by atoms with E-state index in [1.165, 1.54) is 12.0 Å². The molecular weight excluding hydrogens is 534 g/mol. The number of ether oxygens (including phenoxy) is 2. The van der Waals surface area contributed by atoms with Crippen LogP contribution in [0.2, 0.25) is 0 Å². The molecule has 4 fully saturated rings. The Labute approximate surface area is 243 Å². The van der Waals surface area contributed by atoms with Crippen LogP contribution >= 0.6 is 0 Å². The average molecular weight is 568 g/mol. The van der Waals surface area contributed by atoms with Crippen LogP contribution in [0.15, 0.2) is 48.5 Å². The van der Waals surface area contributed by atoms with E-state index in [0.717, 1.165) is 67.3 Å². The van der Waals surface area contributed by atoms with Crippen molar-refractivity contribution in [2.75, 3.05) is 31.2 Å². The predicted molar refractivity (Wildman–Crippen MR) is 154 cm³/mol. The monoisotopic (exact) mass is 567 g/mol. The Morgan fingerprint density at radius 2 is 1.88 bits per heavy atom. The van der Waals surface area contributed by atoms with Crippen LogP contribution in [0.4, 0.5) is 5.82 Å². The number of morpholine rings is 1. The zero-order chi connectivity index (χ0) is 28.4. The summed E-state index contributed by atoms with van der Waals surface area (Å²) in [7, 11) is 0. The Morgan fingerprint density at radius 3 is 2.71 bits per heavy atom. The second kappa shape index (κ2) is 10.1. The minimum atomic E-state index is -0.612. The van der Waals surface area contributed by atoms with Gasteiger partial charge in [-0.1, -0.05) is 6.07 Å². The van der Waals surface area contributed by atoms with E-state index in [0.29, 0.717) is 30.6 Å². The van der Waals surface area contributed by atoms with Crippen LogP contribution in [0.25, 0.3) is 10.9 Å². The molecule has 0 aliphatic carbocycles. The van der Waals surface area contributed by atoms with E-state index in [1.54, 1.807) is 11.0 Å². The zero-order valence-corrected chi connectivity index (χ0v) is 23.3. The lowest BCUT2D eigenvalue weighted by molar-refractivity contribution is -0.136. The van der Waals surface area contributed by atoms with E-state index in [-0.39, 0.29) is 24.3 Å². The summed E-state index contributed by atoms with van der Waals surface area (Å²) in [6, 6.07) is 16.8. The van der Waals surface area contributed by atoms with Crippen LogP contribution in [0, 0.1) is 0 Å². The molecular formula is C32H33N5O5. The maximum absolute atomic E-state index is 13.0. The van der Waals surface area contributed by atoms with Gasteiger partial charge in [0.25, 0.3) is 5.91 Å². The summed E-state index contributed by atoms with van der Waals surface area (Å²) >= 11 is 0. The zero-order valence-electron chi connectivity index (χ0n) is 23.3. The number of hydrogen-bond acceptors (Lipinski definition) is 8. The first-order valence-electron chi connectivity index (χ1n) is 14.9. The number of aromatic nitrogens is 1. The van der Waals surface area contributed by atoms with Gasteiger partial charge in [0.2, 0.25) is 11.8 Å². The van der Waals surface area contributed by atoms with Gasteiger partial charge in [0.05, 0.1) is 30.8 Å². The molecule has 216 valence electrons. The largest absolute Gasteiger partial charge is 0.489 e. The third-order valence-electron chi connectivity index (χ3n) is 9.39. The summed E-state index contributed by atoms with van der Waals surface area (Å²) in [5.74, 6) is 0.945. The maximum Gasteiger partial charge on any atom is 0.255 e. The number of rotatable bonds is 6. The number of pyridine rings is 1. The fourth-order valence-corrected chi connectivity index (χ4v) is 7.23. The van der Waals surface area contributed by atoms with Crippen molar-refractivity contribution in [3.05, 3.63) is 65.2 Å². The number of carbonyl (C=O) groups is 3. The summed E-state index contributed by atoms with van der Waals surface area (Å²) in [6.45, 7) is 4.57. The molecule has 3 amide bonds. The molecule has 42 heavy (non-hydrogen) atoms. The third kappa shape index (κ3) is 4.49. The Bertz CT molecular complexity index is 1600. The van der Waals surface area contributed by atoms with E-state index in [2.05, 4.69) is 45.4 Å². The van der Waals surface area contributed by atoms with Gasteiger partial charge in [-0.2, -0.15) is 0 Å². The van der Waals surface area contributed by atoms with Crippen molar-refractivity contribution in [2.45, 2.75) is 63.0 Å². The number of piperidine rings is 1. The average Bonchev–Trinajstić information content (AvgIpc) is 3.56. The minimum Gasteiger partial charge on any atom is -0.489 e. The summed E-state index contributed by atoms with van der Waals surface area (Å²) in [6.07, 6.45) is 2.80. The Morgan fingerprint density at radius 1 is 1.00 bits per heavy atom. The van der Waals surface area contributed by atoms with Gasteiger partial charge in [0.1, 0.15) is 23.7 Å². The summed E-state index contributed by atoms with van der Waals surface area (Å²) < 4.78 is 12.0. The van der Waals surface area contributed by atoms with Crippen molar-refractivity contribution in [1.82, 2.24) is 20.1 Å². The highest BCUT2D eigenvalue weighted by molar-refractivity contribution is 6.05. The maximum atomic E-state index is 13.0. The molecule has 5 aliphatic heterocycles. The first-order valence-corrected chi connectivity index (χ1v) is 14.9. The molecule has 10 nitrogen and oxygen atoms in total. The van der Waals surface area contributed by atoms with Crippen LogP contribution in [0.5, 0.6) is 5.75 Å². The number of hydrogen-bond donors (Lipinski definition) is 1. The van der Waals surface area contributed by atoms with Gasteiger partial charge in [-0.25, -0.2) is 4.98 Å². The normalized spacial score (nSPS) is 27.3. The molecule has 2 aromatic carbocycles. The third-order valence-corrected chi connectivity index (χ3v) is 9.39. The van der Waals surface area contributed by atoms with Crippen LogP contribution in [0.1, 0.15) is 47.2 Å². The Kier molecular flexibility index (Phi) is 6.15. The van der Waals surface area contributed by atoms with Crippen molar-refractivity contribution in [2.24, 2.45) is 0 Å². The summed E-state index contributed by atoms with van der Waals surface area (Å²) in [4.78, 5) is 48.2. The molecule has 5 aliphatic rings. The number of likely N-dealkylation sites (tertiary alicyclic amines) is 1. The number of amides is 3. The molecule has 8 rings (SSSR count). The van der Waals surface area contributed by atoms with Crippen molar-refractivity contribution in [3.63, 3.8) is 0 Å². The summed E-state index contributed by atoms with van der Waals surface area (Å²) in [5.41, 5.74) is 3.74. The number of anilines is 1. The van der Waals surface area contributed by atoms with Crippen LogP contribution in [0.3, 0.4) is 0 Å². The smallest absolute Gasteiger partial charge is 0.255 e. The molecule has 1 N–H and O–H groups in total. The Balaban J connectivity index is 0.886. The van der Waals surface area contributed by atoms with Gasteiger partial charge in [0, 0.05) is 43.5 Å². The molecule has 1 aromatic heterocycles. The number of benzene rings is 2. The highest BCUT2D eigenvalue weighted by Crippen LogP contribution is 2.36. The standard InChI is InChI=1S/C32H33N5O5/c38-30-8-6-28(31(39)34-30)36-15-21-12-24(3-4-26(21)32(36)40)42-25-9-10-35(16-25)14-19-1-5-27-20(11-19)2-7-29(33-27)37-22-13-23(37)18-41-17-22/h1-5,7,11-12,22-23,25,28H,6,8-10,13-18H2,(H,34,38,39)/t22-,23+,25?,28?. The Hall–Kier alpha value is -4.02. The second-order valence-electron chi connectivity index (χ2n) is 12.2. The van der Waals surface area contributed by atoms with Crippen molar-refractivity contribution in [3.8, 4) is 5.75 Å². The van der Waals surface area contributed by atoms with Gasteiger partial charge in [-0.15, -0.1) is 0 Å². The minimum absolute atomic E-state index is 0.0658. The lowest BCUT2D eigenvalue weighted by Gasteiger charge is -2.53. The van der Waals surface area contributed by atoms with Crippen molar-refractivity contribution < 1.29 is 23.9 Å². The second-order valence-corrected chi connectivity index (χ2v) is 12.2. The number of imide groups is 1. The van der Waals surface area contributed by atoms with Gasteiger partial charge in [-0.3, -0.25) is 24.6 Å². The van der Waals surface area contributed by atoms with Crippen molar-refractivity contribution in [1.29, 1.82) is 0 Å². The van der Waals surface area contributed by atoms with Crippen LogP contribution in [-0.2, 0) is 27.4 Å². The molecule has 0 saturated carbocycles. The molecule has 10 heteroatoms. The molecule has 4 atom stereocenters. The molecule has 4 saturated heterocycles. The molecule has 0 spiro atoms. The summed E-state index contributed by atoms with van der Waals surface area (Å²) in [5, 5.41) is 3.51. The molecule has 3 aromatic rings. The first kappa shape index (κ1) is 25.7. The van der Waals surface area contributed by atoms with Gasteiger partial charge >= 0.3 is 0 Å². The SMILES string of the molecule is O=C1CCC(N2Cc3cc(OC4CCN(Cc5ccc6nc(N7[C@@H]8COC[C@H]7C8)ccc6c5)C4)ccc3C2=O)C(=O)N1. The first-order chi connectivity index (χ1) is 20.5. The van der Waals surface area contributed by atoms with E-state index >= 15 is 0 Å². The van der Waals surface area contributed by atoms with E-state index in [4.69, 9.17) is 14.5 Å². The quantitative estimate of drug-likeness (QED) is 0.454. The number of nitrogens with one attached hydrogen (secondary N) is 1. The fraction of sp³-hybridized carbons (Fsp3) is 0.438. The molecule has 6 heterocycles. The predicted octanol–water partition coefficient (Wildman–Crippen LogP) is 2.63. The van der Waals surface area contributed by atoms with E-state index in [1.807, 2.05) is 12.1 Å². The van der Waals surface area contributed by atoms with Gasteiger partial charge < -0.3 is 19.3 Å². The number of fused-ring (bicyclic) bond motifs is 4. The number of carbonyl (C=O) groups excluding carboxylic acids is 3. The molecule has 2 unspecified atom stereocenters. The van der Waals surface area contributed by atoms with Gasteiger partial charge in [0.15, 0.2) is 0 Å². The lowest BCUT2D eigenvalue weighted by atomic mass is 9.91. The highest BCUT2D eigenvalue weighted by atomic mass is 16.5. The fourth-order valence-electron chi connectivity index (χ4n) is 7.23. The lowest BCUT2D eigenvalue weighted by Crippen LogP contribution is -2.64. The van der Waals surface area contributed by atoms with E-state index in [9.17, 15) is 14.4 Å². The molecule has 0 radical (unpaired) electrons. The van der Waals surface area contributed by atoms with E-state index < -0.39 is 11.9 Å². The van der Waals surface area contributed by atoms with Crippen LogP contribution in [-0.4, -0.2) is 83.0 Å².